The van der Waals surface area contributed by atoms with Gasteiger partial charge in [0.25, 0.3) is 0 Å². The van der Waals surface area contributed by atoms with Crippen molar-refractivity contribution in [1.29, 1.82) is 0 Å². The normalized spacial score (nSPS) is 15.5. The Labute approximate surface area is 103 Å². The molecule has 0 radical (unpaired) electrons. The van der Waals surface area contributed by atoms with Crippen LogP contribution in [-0.2, 0) is 16.3 Å². The van der Waals surface area contributed by atoms with Crippen LogP contribution >= 0.6 is 0 Å². The maximum absolute atomic E-state index is 11.4. The minimum Gasteiger partial charge on any atom is -0.387 e. The number of aryl methyl sites for hydroxylation is 1. The molecule has 1 N–H and O–H groups in total. The van der Waals surface area contributed by atoms with E-state index in [-0.39, 0.29) is 0 Å². The van der Waals surface area contributed by atoms with Crippen LogP contribution in [0.1, 0.15) is 37.5 Å². The molecule has 1 aromatic carbocycles. The summed E-state index contributed by atoms with van der Waals surface area (Å²) in [5.41, 5.74) is 1.86. The van der Waals surface area contributed by atoms with Crippen LogP contribution < -0.4 is 0 Å². The standard InChI is InChI=1S/C13H20O3S/c1-4-5-11-6-8-12(9-7-11)13(14)10(2)17(3,15)16/h6-10,13-14H,4-5H2,1-3H3. The largest absolute Gasteiger partial charge is 0.387 e. The molecule has 0 aromatic heterocycles. The molecule has 0 aliphatic carbocycles. The van der Waals surface area contributed by atoms with Crippen molar-refractivity contribution in [3.8, 4) is 0 Å². The Morgan fingerprint density at radius 1 is 1.24 bits per heavy atom. The van der Waals surface area contributed by atoms with Crippen molar-refractivity contribution in [2.75, 3.05) is 6.26 Å². The molecule has 0 spiro atoms. The third-order valence-electron chi connectivity index (χ3n) is 2.98. The highest BCUT2D eigenvalue weighted by atomic mass is 32.2. The first-order valence-corrected chi connectivity index (χ1v) is 7.77. The summed E-state index contributed by atoms with van der Waals surface area (Å²) in [6, 6.07) is 7.49. The highest BCUT2D eigenvalue weighted by Crippen LogP contribution is 2.22. The Morgan fingerprint density at radius 2 is 1.76 bits per heavy atom. The van der Waals surface area contributed by atoms with E-state index in [2.05, 4.69) is 6.92 Å². The maximum atomic E-state index is 11.4. The van der Waals surface area contributed by atoms with Gasteiger partial charge in [-0.1, -0.05) is 37.6 Å². The van der Waals surface area contributed by atoms with E-state index in [1.165, 1.54) is 12.5 Å². The summed E-state index contributed by atoms with van der Waals surface area (Å²) in [6.45, 7) is 3.63. The Morgan fingerprint density at radius 3 is 2.18 bits per heavy atom. The quantitative estimate of drug-likeness (QED) is 0.877. The number of aliphatic hydroxyl groups is 1. The molecule has 0 saturated carbocycles. The molecule has 17 heavy (non-hydrogen) atoms. The van der Waals surface area contributed by atoms with Gasteiger partial charge in [0.15, 0.2) is 9.84 Å². The van der Waals surface area contributed by atoms with Gasteiger partial charge < -0.3 is 5.11 Å². The summed E-state index contributed by atoms with van der Waals surface area (Å²) in [5.74, 6) is 0. The van der Waals surface area contributed by atoms with Gasteiger partial charge in [-0.3, -0.25) is 0 Å². The van der Waals surface area contributed by atoms with Crippen LogP contribution in [0.5, 0.6) is 0 Å². The van der Waals surface area contributed by atoms with E-state index in [4.69, 9.17) is 0 Å². The molecule has 1 aromatic rings. The SMILES string of the molecule is CCCc1ccc(C(O)C(C)S(C)(=O)=O)cc1. The predicted molar refractivity (Wildman–Crippen MR) is 69.7 cm³/mol. The molecule has 1 rings (SSSR count). The van der Waals surface area contributed by atoms with Crippen LogP contribution in [0.4, 0.5) is 0 Å². The lowest BCUT2D eigenvalue weighted by Gasteiger charge is -2.17. The fourth-order valence-electron chi connectivity index (χ4n) is 1.68. The maximum Gasteiger partial charge on any atom is 0.152 e. The van der Waals surface area contributed by atoms with E-state index in [1.54, 1.807) is 12.1 Å². The second kappa shape index (κ2) is 5.65. The highest BCUT2D eigenvalue weighted by Gasteiger charge is 2.25. The first kappa shape index (κ1) is 14.2. The summed E-state index contributed by atoms with van der Waals surface area (Å²) >= 11 is 0. The van der Waals surface area contributed by atoms with Gasteiger partial charge in [-0.15, -0.1) is 0 Å². The van der Waals surface area contributed by atoms with Crippen LogP contribution in [0, 0.1) is 0 Å². The molecule has 3 nitrogen and oxygen atoms in total. The smallest absolute Gasteiger partial charge is 0.152 e. The summed E-state index contributed by atoms with van der Waals surface area (Å²) in [7, 11) is -3.22. The van der Waals surface area contributed by atoms with Crippen molar-refractivity contribution in [2.45, 2.75) is 38.0 Å². The zero-order valence-corrected chi connectivity index (χ0v) is 11.4. The molecule has 0 aliphatic rings. The Kier molecular flexibility index (Phi) is 4.71. The number of hydrogen-bond acceptors (Lipinski definition) is 3. The van der Waals surface area contributed by atoms with Crippen molar-refractivity contribution < 1.29 is 13.5 Å². The van der Waals surface area contributed by atoms with Gasteiger partial charge in [0.05, 0.1) is 11.4 Å². The summed E-state index contributed by atoms with van der Waals surface area (Å²) < 4.78 is 22.7. The van der Waals surface area contributed by atoms with Gasteiger partial charge in [-0.25, -0.2) is 8.42 Å². The number of sulfone groups is 1. The molecule has 0 fully saturated rings. The molecule has 2 unspecified atom stereocenters. The number of rotatable bonds is 5. The third kappa shape index (κ3) is 3.82. The van der Waals surface area contributed by atoms with E-state index in [9.17, 15) is 13.5 Å². The molecular weight excluding hydrogens is 236 g/mol. The minimum absolute atomic E-state index is 0.655. The van der Waals surface area contributed by atoms with E-state index in [0.717, 1.165) is 19.1 Å². The van der Waals surface area contributed by atoms with Crippen molar-refractivity contribution >= 4 is 9.84 Å². The second-order valence-corrected chi connectivity index (χ2v) is 6.87. The van der Waals surface area contributed by atoms with Crippen LogP contribution in [0.3, 0.4) is 0 Å². The molecule has 0 heterocycles. The van der Waals surface area contributed by atoms with Crippen LogP contribution in [-0.4, -0.2) is 25.0 Å². The zero-order valence-electron chi connectivity index (χ0n) is 10.6. The summed E-state index contributed by atoms with van der Waals surface area (Å²) in [6.07, 6.45) is 2.26. The molecule has 0 amide bonds. The number of benzene rings is 1. The van der Waals surface area contributed by atoms with Gasteiger partial charge in [0.1, 0.15) is 0 Å². The molecule has 0 aliphatic heterocycles. The minimum atomic E-state index is -3.22. The average molecular weight is 256 g/mol. The lowest BCUT2D eigenvalue weighted by atomic mass is 10.0. The molecule has 96 valence electrons. The lowest BCUT2D eigenvalue weighted by molar-refractivity contribution is 0.176. The predicted octanol–water partition coefficient (Wildman–Crippen LogP) is 2.11. The van der Waals surface area contributed by atoms with Crippen molar-refractivity contribution in [1.82, 2.24) is 0 Å². The van der Waals surface area contributed by atoms with Gasteiger partial charge in [0, 0.05) is 6.26 Å². The highest BCUT2D eigenvalue weighted by molar-refractivity contribution is 7.91. The molecule has 4 heteroatoms. The monoisotopic (exact) mass is 256 g/mol. The Bertz CT molecular complexity index is 448. The van der Waals surface area contributed by atoms with Crippen LogP contribution in [0.25, 0.3) is 0 Å². The van der Waals surface area contributed by atoms with E-state index >= 15 is 0 Å². The fraction of sp³-hybridized carbons (Fsp3) is 0.538. The Balaban J connectivity index is 2.86. The van der Waals surface area contributed by atoms with Crippen molar-refractivity contribution in [3.63, 3.8) is 0 Å². The van der Waals surface area contributed by atoms with Crippen molar-refractivity contribution in [3.05, 3.63) is 35.4 Å². The van der Waals surface area contributed by atoms with Crippen LogP contribution in [0.2, 0.25) is 0 Å². The average Bonchev–Trinajstić information content (AvgIpc) is 2.27. The summed E-state index contributed by atoms with van der Waals surface area (Å²) in [5, 5.41) is 9.19. The van der Waals surface area contributed by atoms with Gasteiger partial charge >= 0.3 is 0 Å². The first-order valence-electron chi connectivity index (χ1n) is 5.82. The second-order valence-electron chi connectivity index (χ2n) is 4.47. The third-order valence-corrected chi connectivity index (χ3v) is 4.59. The van der Waals surface area contributed by atoms with E-state index in [0.29, 0.717) is 5.56 Å². The van der Waals surface area contributed by atoms with Gasteiger partial charge in [-0.2, -0.15) is 0 Å². The first-order chi connectivity index (χ1) is 7.86. The van der Waals surface area contributed by atoms with Crippen molar-refractivity contribution in [2.24, 2.45) is 0 Å². The number of aliphatic hydroxyl groups excluding tert-OH is 1. The van der Waals surface area contributed by atoms with Crippen LogP contribution in [0.15, 0.2) is 24.3 Å². The van der Waals surface area contributed by atoms with E-state index in [1.807, 2.05) is 12.1 Å². The summed E-state index contributed by atoms with van der Waals surface area (Å²) in [4.78, 5) is 0. The molecule has 0 bridgehead atoms. The molecular formula is C13H20O3S. The fourth-order valence-corrected chi connectivity index (χ4v) is 2.30. The molecule has 2 atom stereocenters. The lowest BCUT2D eigenvalue weighted by Crippen LogP contribution is -2.24. The Hall–Kier alpha value is -0.870. The van der Waals surface area contributed by atoms with E-state index < -0.39 is 21.2 Å². The zero-order chi connectivity index (χ0) is 13.1. The number of hydrogen-bond donors (Lipinski definition) is 1. The van der Waals surface area contributed by atoms with Gasteiger partial charge in [-0.05, 0) is 24.5 Å². The molecule has 0 saturated heterocycles. The van der Waals surface area contributed by atoms with Gasteiger partial charge in [0.2, 0.25) is 0 Å². The topological polar surface area (TPSA) is 54.4 Å².